The number of halogens is 1. The van der Waals surface area contributed by atoms with Crippen LogP contribution in [0.2, 0.25) is 0 Å². The molecule has 88 valence electrons. The molecular formula is C14H6IO3-. The van der Waals surface area contributed by atoms with Crippen molar-refractivity contribution < 1.29 is 14.7 Å². The standard InChI is InChI=1S/C14H7IO3/c15-7-4-5-8-11(6-7)13(16)9-2-1-3-10(12(8)9)14(17)18/h1-6H,(H,17,18)/p-1. The first kappa shape index (κ1) is 11.4. The molecular weight excluding hydrogens is 343 g/mol. The summed E-state index contributed by atoms with van der Waals surface area (Å²) in [7, 11) is 0. The number of carboxylic acid groups (broad SMARTS) is 1. The Hall–Kier alpha value is -1.69. The van der Waals surface area contributed by atoms with E-state index in [1.54, 1.807) is 24.3 Å². The van der Waals surface area contributed by atoms with Gasteiger partial charge in [-0.15, -0.1) is 0 Å². The second-order valence-electron chi connectivity index (χ2n) is 4.03. The third kappa shape index (κ3) is 1.49. The van der Waals surface area contributed by atoms with E-state index < -0.39 is 5.97 Å². The quantitative estimate of drug-likeness (QED) is 0.631. The minimum absolute atomic E-state index is 0.0702. The molecule has 1 aliphatic carbocycles. The van der Waals surface area contributed by atoms with Gasteiger partial charge in [0.25, 0.3) is 0 Å². The summed E-state index contributed by atoms with van der Waals surface area (Å²) in [6, 6.07) is 10.1. The summed E-state index contributed by atoms with van der Waals surface area (Å²) in [4.78, 5) is 23.3. The van der Waals surface area contributed by atoms with Crippen molar-refractivity contribution in [2.24, 2.45) is 0 Å². The molecule has 0 saturated carbocycles. The van der Waals surface area contributed by atoms with E-state index >= 15 is 0 Å². The molecule has 0 aliphatic heterocycles. The maximum absolute atomic E-state index is 12.2. The van der Waals surface area contributed by atoms with Gasteiger partial charge in [-0.3, -0.25) is 4.79 Å². The van der Waals surface area contributed by atoms with E-state index in [9.17, 15) is 14.7 Å². The number of rotatable bonds is 1. The third-order valence-corrected chi connectivity index (χ3v) is 3.70. The molecule has 0 aromatic heterocycles. The fourth-order valence-corrected chi connectivity index (χ4v) is 2.76. The Morgan fingerprint density at radius 1 is 1.06 bits per heavy atom. The second-order valence-corrected chi connectivity index (χ2v) is 5.28. The fraction of sp³-hybridized carbons (Fsp3) is 0. The zero-order chi connectivity index (χ0) is 12.9. The number of carbonyl (C=O) groups is 2. The number of aromatic carboxylic acids is 1. The number of ketones is 1. The zero-order valence-corrected chi connectivity index (χ0v) is 11.2. The van der Waals surface area contributed by atoms with Crippen molar-refractivity contribution in [3.05, 3.63) is 56.7 Å². The molecule has 1 aliphatic rings. The fourth-order valence-electron chi connectivity index (χ4n) is 2.27. The zero-order valence-electron chi connectivity index (χ0n) is 9.07. The maximum Gasteiger partial charge on any atom is 0.194 e. The van der Waals surface area contributed by atoms with E-state index in [0.29, 0.717) is 22.3 Å². The molecule has 0 heterocycles. The maximum atomic E-state index is 12.2. The first-order valence-electron chi connectivity index (χ1n) is 5.28. The monoisotopic (exact) mass is 349 g/mol. The Bertz CT molecular complexity index is 704. The molecule has 0 fully saturated rings. The lowest BCUT2D eigenvalue weighted by molar-refractivity contribution is -0.254. The van der Waals surface area contributed by atoms with Crippen molar-refractivity contribution in [2.45, 2.75) is 0 Å². The Kier molecular flexibility index (Phi) is 2.48. The van der Waals surface area contributed by atoms with Crippen LogP contribution in [0.4, 0.5) is 0 Å². The molecule has 4 heteroatoms. The lowest BCUT2D eigenvalue weighted by Gasteiger charge is -2.09. The molecule has 0 N–H and O–H groups in total. The van der Waals surface area contributed by atoms with Crippen LogP contribution >= 0.6 is 22.6 Å². The number of hydrogen-bond donors (Lipinski definition) is 0. The second kappa shape index (κ2) is 3.91. The number of carbonyl (C=O) groups excluding carboxylic acids is 2. The molecule has 18 heavy (non-hydrogen) atoms. The number of benzene rings is 2. The molecule has 0 amide bonds. The highest BCUT2D eigenvalue weighted by Crippen LogP contribution is 2.39. The van der Waals surface area contributed by atoms with Crippen LogP contribution < -0.4 is 5.11 Å². The van der Waals surface area contributed by atoms with E-state index in [0.717, 1.165) is 3.57 Å². The molecule has 0 saturated heterocycles. The van der Waals surface area contributed by atoms with Gasteiger partial charge >= 0.3 is 0 Å². The normalized spacial score (nSPS) is 12.2. The average molecular weight is 349 g/mol. The highest BCUT2D eigenvalue weighted by Gasteiger charge is 2.28. The van der Waals surface area contributed by atoms with Crippen molar-refractivity contribution in [1.29, 1.82) is 0 Å². The summed E-state index contributed by atoms with van der Waals surface area (Å²) in [5, 5.41) is 11.1. The highest BCUT2D eigenvalue weighted by molar-refractivity contribution is 14.1. The molecule has 0 spiro atoms. The number of carboxylic acids is 1. The SMILES string of the molecule is O=C([O-])c1cccc2c1-c1ccc(I)cc1C2=O. The minimum atomic E-state index is -1.26. The smallest absolute Gasteiger partial charge is 0.194 e. The van der Waals surface area contributed by atoms with Crippen molar-refractivity contribution >= 4 is 34.3 Å². The van der Waals surface area contributed by atoms with Gasteiger partial charge in [0.1, 0.15) is 0 Å². The Morgan fingerprint density at radius 3 is 2.56 bits per heavy atom. The summed E-state index contributed by atoms with van der Waals surface area (Å²) < 4.78 is 0.947. The Labute approximate surface area is 117 Å². The van der Waals surface area contributed by atoms with E-state index in [1.807, 2.05) is 6.07 Å². The molecule has 0 bridgehead atoms. The lowest BCUT2D eigenvalue weighted by Crippen LogP contribution is -2.23. The topological polar surface area (TPSA) is 57.2 Å². The Morgan fingerprint density at radius 2 is 1.83 bits per heavy atom. The van der Waals surface area contributed by atoms with Crippen LogP contribution in [-0.4, -0.2) is 11.8 Å². The molecule has 2 aromatic carbocycles. The van der Waals surface area contributed by atoms with E-state index in [-0.39, 0.29) is 11.3 Å². The van der Waals surface area contributed by atoms with Crippen LogP contribution in [0.5, 0.6) is 0 Å². The average Bonchev–Trinajstić information content (AvgIpc) is 2.63. The van der Waals surface area contributed by atoms with Crippen molar-refractivity contribution in [3.8, 4) is 11.1 Å². The molecule has 0 radical (unpaired) electrons. The van der Waals surface area contributed by atoms with Crippen LogP contribution in [-0.2, 0) is 0 Å². The van der Waals surface area contributed by atoms with Crippen LogP contribution in [0.25, 0.3) is 11.1 Å². The molecule has 3 rings (SSSR count). The Balaban J connectivity index is 2.39. The van der Waals surface area contributed by atoms with E-state index in [2.05, 4.69) is 22.6 Å². The van der Waals surface area contributed by atoms with Crippen LogP contribution in [0, 0.1) is 3.57 Å². The van der Waals surface area contributed by atoms with Gasteiger partial charge in [-0.25, -0.2) is 0 Å². The number of fused-ring (bicyclic) bond motifs is 3. The molecule has 0 atom stereocenters. The van der Waals surface area contributed by atoms with Crippen molar-refractivity contribution in [3.63, 3.8) is 0 Å². The van der Waals surface area contributed by atoms with Gasteiger partial charge in [-0.2, -0.15) is 0 Å². The van der Waals surface area contributed by atoms with Gasteiger partial charge < -0.3 is 9.90 Å². The molecule has 0 unspecified atom stereocenters. The minimum Gasteiger partial charge on any atom is -0.545 e. The summed E-state index contributed by atoms with van der Waals surface area (Å²) in [6.07, 6.45) is 0. The van der Waals surface area contributed by atoms with E-state index in [4.69, 9.17) is 0 Å². The summed E-state index contributed by atoms with van der Waals surface area (Å²) in [5.74, 6) is -1.38. The van der Waals surface area contributed by atoms with Crippen LogP contribution in [0.15, 0.2) is 36.4 Å². The first-order chi connectivity index (χ1) is 8.59. The van der Waals surface area contributed by atoms with E-state index in [1.165, 1.54) is 6.07 Å². The summed E-state index contributed by atoms with van der Waals surface area (Å²) in [6.45, 7) is 0. The first-order valence-corrected chi connectivity index (χ1v) is 6.36. The highest BCUT2D eigenvalue weighted by atomic mass is 127. The van der Waals surface area contributed by atoms with Gasteiger partial charge in [0.15, 0.2) is 5.78 Å². The lowest BCUT2D eigenvalue weighted by atomic mass is 10.00. The summed E-state index contributed by atoms with van der Waals surface area (Å²) in [5.41, 5.74) is 2.23. The van der Waals surface area contributed by atoms with Gasteiger partial charge in [-0.1, -0.05) is 24.3 Å². The van der Waals surface area contributed by atoms with Gasteiger partial charge in [0, 0.05) is 25.8 Å². The van der Waals surface area contributed by atoms with Crippen LogP contribution in [0.1, 0.15) is 26.3 Å². The summed E-state index contributed by atoms with van der Waals surface area (Å²) >= 11 is 2.12. The van der Waals surface area contributed by atoms with Crippen molar-refractivity contribution in [1.82, 2.24) is 0 Å². The van der Waals surface area contributed by atoms with Gasteiger partial charge in [-0.05, 0) is 40.3 Å². The van der Waals surface area contributed by atoms with Crippen molar-refractivity contribution in [2.75, 3.05) is 0 Å². The van der Waals surface area contributed by atoms with Gasteiger partial charge in [0.2, 0.25) is 0 Å². The van der Waals surface area contributed by atoms with Crippen LogP contribution in [0.3, 0.4) is 0 Å². The predicted octanol–water partition coefficient (Wildman–Crippen LogP) is 1.87. The molecule has 2 aromatic rings. The van der Waals surface area contributed by atoms with Gasteiger partial charge in [0.05, 0.1) is 5.97 Å². The molecule has 3 nitrogen and oxygen atoms in total. The number of hydrogen-bond acceptors (Lipinski definition) is 3. The predicted molar refractivity (Wildman–Crippen MR) is 72.4 cm³/mol. The largest absolute Gasteiger partial charge is 0.545 e. The third-order valence-electron chi connectivity index (χ3n) is 3.02.